The molecule has 30 heavy (non-hydrogen) atoms. The van der Waals surface area contributed by atoms with Gasteiger partial charge in [0.2, 0.25) is 0 Å². The summed E-state index contributed by atoms with van der Waals surface area (Å²) in [5.74, 6) is -2.72. The van der Waals surface area contributed by atoms with E-state index in [4.69, 9.17) is 0 Å². The van der Waals surface area contributed by atoms with Crippen LogP contribution in [0.2, 0.25) is 0 Å². The van der Waals surface area contributed by atoms with Crippen molar-refractivity contribution in [3.63, 3.8) is 0 Å². The van der Waals surface area contributed by atoms with E-state index in [-0.39, 0.29) is 36.5 Å². The van der Waals surface area contributed by atoms with Gasteiger partial charge in [-0.25, -0.2) is 15.9 Å². The summed E-state index contributed by atoms with van der Waals surface area (Å²) in [6.07, 6.45) is -1.10. The smallest absolute Gasteiger partial charge is 0.295 e. The Morgan fingerprint density at radius 2 is 1.97 bits per heavy atom. The summed E-state index contributed by atoms with van der Waals surface area (Å²) in [4.78, 5) is 14.1. The van der Waals surface area contributed by atoms with E-state index in [0.717, 1.165) is 12.8 Å². The van der Waals surface area contributed by atoms with Crippen LogP contribution in [0.3, 0.4) is 0 Å². The van der Waals surface area contributed by atoms with Crippen molar-refractivity contribution >= 4 is 5.91 Å². The van der Waals surface area contributed by atoms with Gasteiger partial charge in [0.1, 0.15) is 5.92 Å². The van der Waals surface area contributed by atoms with E-state index in [1.165, 1.54) is 0 Å². The number of nitriles is 1. The molecular weight excluding hydrogens is 399 g/mol. The van der Waals surface area contributed by atoms with Gasteiger partial charge in [0.05, 0.1) is 18.0 Å². The summed E-state index contributed by atoms with van der Waals surface area (Å²) in [5, 5.41) is 11.4. The highest BCUT2D eigenvalue weighted by Crippen LogP contribution is 2.44. The van der Waals surface area contributed by atoms with Gasteiger partial charge in [-0.05, 0) is 32.1 Å². The minimum Gasteiger partial charge on any atom is -0.295 e. The quantitative estimate of drug-likeness (QED) is 0.523. The minimum absolute atomic E-state index is 0.0263. The van der Waals surface area contributed by atoms with Crippen molar-refractivity contribution < 1.29 is 18.0 Å². The fourth-order valence-corrected chi connectivity index (χ4v) is 5.83. The topological polar surface area (TPSA) is 95.5 Å². The third-order valence-electron chi connectivity index (χ3n) is 7.44. The molecule has 3 saturated heterocycles. The molecule has 4 rings (SSSR count). The molecule has 7 atom stereocenters. The Kier molecular flexibility index (Phi) is 6.23. The summed E-state index contributed by atoms with van der Waals surface area (Å²) in [7, 11) is 0. The number of hydrogen-bond acceptors (Lipinski definition) is 7. The zero-order valence-electron chi connectivity index (χ0n) is 17.1. The number of likely N-dealkylation sites (tertiary alicyclic amines) is 1. The molecule has 0 aromatic heterocycles. The van der Waals surface area contributed by atoms with Crippen LogP contribution in [-0.4, -0.2) is 65.8 Å². The van der Waals surface area contributed by atoms with Gasteiger partial charge in [-0.15, -0.1) is 0 Å². The first-order valence-corrected chi connectivity index (χ1v) is 10.8. The van der Waals surface area contributed by atoms with Crippen LogP contribution < -0.4 is 21.8 Å². The lowest BCUT2D eigenvalue weighted by atomic mass is 9.74. The lowest BCUT2D eigenvalue weighted by molar-refractivity contribution is -0.204. The third kappa shape index (κ3) is 4.03. The number of alkyl halides is 3. The van der Waals surface area contributed by atoms with E-state index in [2.05, 4.69) is 32.8 Å². The van der Waals surface area contributed by atoms with Crippen LogP contribution in [0.4, 0.5) is 13.2 Å². The maximum absolute atomic E-state index is 13.6. The first-order chi connectivity index (χ1) is 14.3. The molecule has 1 saturated carbocycles. The molecule has 0 radical (unpaired) electrons. The van der Waals surface area contributed by atoms with Crippen molar-refractivity contribution in [3.8, 4) is 6.07 Å². The Morgan fingerprint density at radius 3 is 2.70 bits per heavy atom. The van der Waals surface area contributed by atoms with Crippen molar-refractivity contribution in [2.45, 2.75) is 69.4 Å². The number of carbonyl (C=O) groups excluding carboxylic acids is 1. The van der Waals surface area contributed by atoms with Crippen molar-refractivity contribution in [2.75, 3.05) is 19.6 Å². The lowest BCUT2D eigenvalue weighted by Crippen LogP contribution is -2.64. The number of halogens is 3. The highest BCUT2D eigenvalue weighted by Gasteiger charge is 2.51. The molecule has 6 unspecified atom stereocenters. The zero-order chi connectivity index (χ0) is 21.5. The van der Waals surface area contributed by atoms with E-state index in [0.29, 0.717) is 32.5 Å². The summed E-state index contributed by atoms with van der Waals surface area (Å²) in [6.45, 7) is 3.72. The number of amides is 1. The largest absolute Gasteiger partial charge is 0.392 e. The molecule has 8 nitrogen and oxygen atoms in total. The minimum atomic E-state index is -4.16. The van der Waals surface area contributed by atoms with Crippen LogP contribution in [0.5, 0.6) is 0 Å². The predicted octanol–water partition coefficient (Wildman–Crippen LogP) is 0.654. The maximum atomic E-state index is 13.6. The Labute approximate surface area is 174 Å². The number of nitrogens with zero attached hydrogens (tertiary/aromatic N) is 3. The first-order valence-electron chi connectivity index (χ1n) is 10.8. The number of fused-ring (bicyclic) bond motifs is 1. The van der Waals surface area contributed by atoms with Crippen LogP contribution in [-0.2, 0) is 4.79 Å². The van der Waals surface area contributed by atoms with E-state index in [1.807, 2.05) is 11.9 Å². The second kappa shape index (κ2) is 8.59. The number of nitrogens with one attached hydrogen (secondary N) is 4. The number of carbonyl (C=O) groups is 1. The van der Waals surface area contributed by atoms with Crippen LogP contribution in [0, 0.1) is 29.1 Å². The van der Waals surface area contributed by atoms with Gasteiger partial charge in [0.25, 0.3) is 5.91 Å². The predicted molar refractivity (Wildman–Crippen MR) is 102 cm³/mol. The Morgan fingerprint density at radius 1 is 1.20 bits per heavy atom. The molecule has 0 bridgehead atoms. The molecule has 3 aliphatic heterocycles. The van der Waals surface area contributed by atoms with E-state index in [1.54, 1.807) is 0 Å². The van der Waals surface area contributed by atoms with Crippen molar-refractivity contribution in [2.24, 2.45) is 17.8 Å². The van der Waals surface area contributed by atoms with Gasteiger partial charge in [-0.1, -0.05) is 12.8 Å². The Bertz CT molecular complexity index is 684. The second-order valence-corrected chi connectivity index (χ2v) is 9.00. The molecule has 11 heteroatoms. The van der Waals surface area contributed by atoms with Gasteiger partial charge in [0, 0.05) is 37.8 Å². The number of hydrazine groups is 3. The van der Waals surface area contributed by atoms with E-state index >= 15 is 0 Å². The summed E-state index contributed by atoms with van der Waals surface area (Å²) >= 11 is 0. The molecule has 0 aromatic carbocycles. The summed E-state index contributed by atoms with van der Waals surface area (Å²) in [5.41, 5.74) is 11.8. The molecular formula is C19H30F3N7O. The van der Waals surface area contributed by atoms with Crippen molar-refractivity contribution in [1.29, 1.82) is 5.26 Å². The number of rotatable bonds is 3. The van der Waals surface area contributed by atoms with Crippen LogP contribution >= 0.6 is 0 Å². The SMILES string of the molecule is C[C@H](C1CCCCC1C(F)(F)F)N1NNC2CN(C3CNNC(=O)C3C#N)CCC21. The second-order valence-electron chi connectivity index (χ2n) is 9.00. The molecule has 0 spiro atoms. The van der Waals surface area contributed by atoms with E-state index in [9.17, 15) is 23.2 Å². The normalized spacial score (nSPS) is 39.8. The Balaban J connectivity index is 1.42. The fraction of sp³-hybridized carbons (Fsp3) is 0.895. The molecule has 1 amide bonds. The molecule has 1 aliphatic carbocycles. The van der Waals surface area contributed by atoms with Crippen LogP contribution in [0.25, 0.3) is 0 Å². The van der Waals surface area contributed by atoms with E-state index < -0.39 is 23.9 Å². The van der Waals surface area contributed by atoms with Crippen LogP contribution in [0.1, 0.15) is 39.0 Å². The van der Waals surface area contributed by atoms with Crippen LogP contribution in [0.15, 0.2) is 0 Å². The third-order valence-corrected chi connectivity index (χ3v) is 7.44. The summed E-state index contributed by atoms with van der Waals surface area (Å²) in [6, 6.07) is 1.76. The average molecular weight is 429 g/mol. The summed E-state index contributed by atoms with van der Waals surface area (Å²) < 4.78 is 40.8. The zero-order valence-corrected chi connectivity index (χ0v) is 17.1. The number of piperidine rings is 1. The molecule has 0 aromatic rings. The average Bonchev–Trinajstić information content (AvgIpc) is 3.15. The Hall–Kier alpha value is -1.45. The molecule has 4 fully saturated rings. The monoisotopic (exact) mass is 429 g/mol. The number of hydrogen-bond donors (Lipinski definition) is 4. The van der Waals surface area contributed by atoms with Gasteiger partial charge < -0.3 is 0 Å². The fourth-order valence-electron chi connectivity index (χ4n) is 5.83. The first kappa shape index (κ1) is 21.8. The van der Waals surface area contributed by atoms with Gasteiger partial charge in [0.15, 0.2) is 0 Å². The van der Waals surface area contributed by atoms with Gasteiger partial charge >= 0.3 is 6.18 Å². The molecule has 3 heterocycles. The molecule has 168 valence electrons. The molecule has 4 N–H and O–H groups in total. The van der Waals surface area contributed by atoms with Gasteiger partial charge in [-0.3, -0.25) is 15.1 Å². The van der Waals surface area contributed by atoms with Crippen molar-refractivity contribution in [3.05, 3.63) is 0 Å². The van der Waals surface area contributed by atoms with Gasteiger partial charge in [-0.2, -0.15) is 24.0 Å². The van der Waals surface area contributed by atoms with Crippen molar-refractivity contribution in [1.82, 2.24) is 31.7 Å². The maximum Gasteiger partial charge on any atom is 0.392 e. The standard InChI is InChI=1S/C19H30F3N7O/c1-11(12-4-2-3-5-14(12)19(20,21)22)29-16-6-7-28(10-15(16)25-27-29)17-9-24-26-18(30)13(17)8-23/h11-17,24-25,27H,2-7,9-10H2,1H3,(H,26,30)/t11-,12?,13?,14?,15?,16?,17?/m1/s1. The highest BCUT2D eigenvalue weighted by molar-refractivity contribution is 5.82. The highest BCUT2D eigenvalue weighted by atomic mass is 19.4. The lowest BCUT2D eigenvalue weighted by Gasteiger charge is -2.45. The molecule has 4 aliphatic rings.